The number of amides is 1. The number of rotatable bonds is 6. The summed E-state index contributed by atoms with van der Waals surface area (Å²) in [6.45, 7) is 4.68. The van der Waals surface area contributed by atoms with Crippen LogP contribution < -0.4 is 19.8 Å². The van der Waals surface area contributed by atoms with Crippen LogP contribution in [-0.4, -0.2) is 19.6 Å². The second-order valence-corrected chi connectivity index (χ2v) is 9.76. The normalized spacial score (nSPS) is 15.1. The van der Waals surface area contributed by atoms with Crippen molar-refractivity contribution in [2.75, 3.05) is 18.6 Å². The first-order valence-electron chi connectivity index (χ1n) is 11.3. The Morgan fingerprint density at radius 2 is 1.80 bits per heavy atom. The molecule has 1 aliphatic heterocycles. The molecule has 0 fully saturated rings. The third-order valence-electron chi connectivity index (χ3n) is 5.94. The van der Waals surface area contributed by atoms with Crippen LogP contribution >= 0.6 is 15.9 Å². The Morgan fingerprint density at radius 3 is 2.54 bits per heavy atom. The van der Waals surface area contributed by atoms with E-state index in [9.17, 15) is 9.59 Å². The average Bonchev–Trinajstić information content (AvgIpc) is 3.15. The van der Waals surface area contributed by atoms with E-state index in [0.717, 1.165) is 4.47 Å². The standard InChI is InChI=1S/C28H24BrNO5/c1-16(2)15-34-22-12-11-17(13-23(22)33-3)25-24-26(31)20-9-4-5-10-21(20)35-27(24)28(32)30(25)19-8-6-7-18(29)14-19/h4-14,16,25H,15H2,1-3H3. The molecule has 0 bridgehead atoms. The second-order valence-electron chi connectivity index (χ2n) is 8.84. The van der Waals surface area contributed by atoms with Gasteiger partial charge in [-0.15, -0.1) is 0 Å². The molecule has 6 nitrogen and oxygen atoms in total. The lowest BCUT2D eigenvalue weighted by Gasteiger charge is -2.26. The van der Waals surface area contributed by atoms with Gasteiger partial charge in [0.05, 0.1) is 30.7 Å². The fourth-order valence-corrected chi connectivity index (χ4v) is 4.74. The third kappa shape index (κ3) is 4.10. The van der Waals surface area contributed by atoms with E-state index in [4.69, 9.17) is 13.9 Å². The fourth-order valence-electron chi connectivity index (χ4n) is 4.36. The molecule has 2 heterocycles. The number of halogens is 1. The van der Waals surface area contributed by atoms with Gasteiger partial charge >= 0.3 is 0 Å². The molecule has 5 rings (SSSR count). The lowest BCUT2D eigenvalue weighted by Crippen LogP contribution is -2.29. The van der Waals surface area contributed by atoms with Gasteiger partial charge in [0.25, 0.3) is 5.91 Å². The minimum Gasteiger partial charge on any atom is -0.493 e. The zero-order chi connectivity index (χ0) is 24.7. The lowest BCUT2D eigenvalue weighted by molar-refractivity contribution is 0.0971. The van der Waals surface area contributed by atoms with Crippen LogP contribution in [0.1, 0.15) is 41.6 Å². The molecule has 0 radical (unpaired) electrons. The summed E-state index contributed by atoms with van der Waals surface area (Å²) in [5, 5.41) is 0.434. The summed E-state index contributed by atoms with van der Waals surface area (Å²) in [7, 11) is 1.57. The number of carbonyl (C=O) groups excluding carboxylic acids is 1. The lowest BCUT2D eigenvalue weighted by atomic mass is 9.97. The smallest absolute Gasteiger partial charge is 0.295 e. The van der Waals surface area contributed by atoms with Gasteiger partial charge in [0.1, 0.15) is 5.58 Å². The predicted octanol–water partition coefficient (Wildman–Crippen LogP) is 6.35. The molecule has 0 spiro atoms. The summed E-state index contributed by atoms with van der Waals surface area (Å²) in [6, 6.07) is 19.2. The Morgan fingerprint density at radius 1 is 1.00 bits per heavy atom. The van der Waals surface area contributed by atoms with Crippen molar-refractivity contribution < 1.29 is 18.7 Å². The van der Waals surface area contributed by atoms with E-state index in [1.807, 2.05) is 42.5 Å². The van der Waals surface area contributed by atoms with Crippen LogP contribution in [0.4, 0.5) is 5.69 Å². The van der Waals surface area contributed by atoms with Crippen LogP contribution in [0.15, 0.2) is 80.4 Å². The number of benzene rings is 3. The fraction of sp³-hybridized carbons (Fsp3) is 0.214. The molecule has 1 aromatic heterocycles. The molecule has 3 aromatic carbocycles. The number of ether oxygens (including phenoxy) is 2. The van der Waals surface area contributed by atoms with Crippen LogP contribution in [0, 0.1) is 5.92 Å². The quantitative estimate of drug-likeness (QED) is 0.289. The van der Waals surface area contributed by atoms with Crippen molar-refractivity contribution in [1.82, 2.24) is 0 Å². The van der Waals surface area contributed by atoms with E-state index in [0.29, 0.717) is 51.8 Å². The highest BCUT2D eigenvalue weighted by Crippen LogP contribution is 2.43. The molecule has 35 heavy (non-hydrogen) atoms. The van der Waals surface area contributed by atoms with Crippen LogP contribution in [0.5, 0.6) is 11.5 Å². The van der Waals surface area contributed by atoms with Gasteiger partial charge < -0.3 is 13.9 Å². The van der Waals surface area contributed by atoms with E-state index in [1.54, 1.807) is 36.3 Å². The maximum absolute atomic E-state index is 13.7. The second kappa shape index (κ2) is 9.23. The average molecular weight is 534 g/mol. The minimum atomic E-state index is -0.694. The molecule has 0 aliphatic carbocycles. The molecule has 178 valence electrons. The monoisotopic (exact) mass is 533 g/mol. The van der Waals surface area contributed by atoms with E-state index in [-0.39, 0.29) is 17.1 Å². The molecule has 4 aromatic rings. The number of nitrogens with zero attached hydrogens (tertiary/aromatic N) is 1. The van der Waals surface area contributed by atoms with E-state index < -0.39 is 6.04 Å². The highest BCUT2D eigenvalue weighted by Gasteiger charge is 2.44. The van der Waals surface area contributed by atoms with E-state index >= 15 is 0 Å². The molecular weight excluding hydrogens is 510 g/mol. The molecule has 7 heteroatoms. The van der Waals surface area contributed by atoms with Crippen molar-refractivity contribution in [2.45, 2.75) is 19.9 Å². The molecule has 1 unspecified atom stereocenters. The van der Waals surface area contributed by atoms with Gasteiger partial charge in [-0.05, 0) is 53.9 Å². The predicted molar refractivity (Wildman–Crippen MR) is 139 cm³/mol. The van der Waals surface area contributed by atoms with Crippen molar-refractivity contribution >= 4 is 38.5 Å². The number of anilines is 1. The number of methoxy groups -OCH3 is 1. The van der Waals surface area contributed by atoms with Gasteiger partial charge in [0.15, 0.2) is 16.9 Å². The van der Waals surface area contributed by atoms with Crippen LogP contribution in [0.3, 0.4) is 0 Å². The van der Waals surface area contributed by atoms with Gasteiger partial charge in [-0.3, -0.25) is 14.5 Å². The Kier molecular flexibility index (Phi) is 6.11. The zero-order valence-corrected chi connectivity index (χ0v) is 21.2. The van der Waals surface area contributed by atoms with Gasteiger partial charge in [-0.25, -0.2) is 0 Å². The number of hydrogen-bond acceptors (Lipinski definition) is 5. The van der Waals surface area contributed by atoms with E-state index in [1.165, 1.54) is 0 Å². The molecule has 0 saturated heterocycles. The molecular formula is C28H24BrNO5. The first-order chi connectivity index (χ1) is 16.9. The largest absolute Gasteiger partial charge is 0.493 e. The van der Waals surface area contributed by atoms with Crippen LogP contribution in [0.25, 0.3) is 11.0 Å². The minimum absolute atomic E-state index is 0.0535. The number of para-hydroxylation sites is 1. The Hall–Kier alpha value is -3.58. The summed E-state index contributed by atoms with van der Waals surface area (Å²) in [5.74, 6) is 1.17. The van der Waals surface area contributed by atoms with Gasteiger partial charge in [0, 0.05) is 10.2 Å². The van der Waals surface area contributed by atoms with Crippen LogP contribution in [-0.2, 0) is 0 Å². The number of carbonyl (C=O) groups is 1. The molecule has 1 amide bonds. The Labute approximate surface area is 211 Å². The van der Waals surface area contributed by atoms with Gasteiger partial charge in [-0.2, -0.15) is 0 Å². The van der Waals surface area contributed by atoms with E-state index in [2.05, 4.69) is 29.8 Å². The topological polar surface area (TPSA) is 69.0 Å². The molecule has 0 N–H and O–H groups in total. The van der Waals surface area contributed by atoms with Crippen molar-refractivity contribution in [1.29, 1.82) is 0 Å². The van der Waals surface area contributed by atoms with Crippen LogP contribution in [0.2, 0.25) is 0 Å². The van der Waals surface area contributed by atoms with Gasteiger partial charge in [0.2, 0.25) is 5.76 Å². The SMILES string of the molecule is COc1cc(C2c3c(oc4ccccc4c3=O)C(=O)N2c2cccc(Br)c2)ccc1OCC(C)C. The van der Waals surface area contributed by atoms with Crippen molar-refractivity contribution in [2.24, 2.45) is 5.92 Å². The zero-order valence-electron chi connectivity index (χ0n) is 19.6. The first-order valence-corrected chi connectivity index (χ1v) is 12.1. The number of hydrogen-bond donors (Lipinski definition) is 0. The summed E-state index contributed by atoms with van der Waals surface area (Å²) in [6.07, 6.45) is 0. The molecule has 1 atom stereocenters. The maximum atomic E-state index is 13.7. The Bertz CT molecular complexity index is 1490. The van der Waals surface area contributed by atoms with Gasteiger partial charge in [-0.1, -0.05) is 54.0 Å². The van der Waals surface area contributed by atoms with Crippen molar-refractivity contribution in [3.63, 3.8) is 0 Å². The number of fused-ring (bicyclic) bond motifs is 2. The summed E-state index contributed by atoms with van der Waals surface area (Å²) >= 11 is 3.49. The Balaban J connectivity index is 1.72. The molecule has 1 aliphatic rings. The third-order valence-corrected chi connectivity index (χ3v) is 6.43. The summed E-state index contributed by atoms with van der Waals surface area (Å²) in [4.78, 5) is 29.0. The maximum Gasteiger partial charge on any atom is 0.295 e. The highest BCUT2D eigenvalue weighted by atomic mass is 79.9. The molecule has 0 saturated carbocycles. The first kappa shape index (κ1) is 23.2. The van der Waals surface area contributed by atoms with Crippen molar-refractivity contribution in [3.8, 4) is 11.5 Å². The summed E-state index contributed by atoms with van der Waals surface area (Å²) < 4.78 is 18.4. The highest BCUT2D eigenvalue weighted by molar-refractivity contribution is 9.10. The van der Waals surface area contributed by atoms with Crippen molar-refractivity contribution in [3.05, 3.63) is 98.3 Å². The summed E-state index contributed by atoms with van der Waals surface area (Å²) in [5.41, 5.74) is 1.83.